The summed E-state index contributed by atoms with van der Waals surface area (Å²) in [6, 6.07) is 13.8. The van der Waals surface area contributed by atoms with Gasteiger partial charge in [-0.25, -0.2) is 0 Å². The van der Waals surface area contributed by atoms with E-state index in [1.54, 1.807) is 44.4 Å². The fraction of sp³-hybridized carbons (Fsp3) is 0.345. The molecule has 1 aliphatic rings. The van der Waals surface area contributed by atoms with Gasteiger partial charge in [-0.3, -0.25) is 10.1 Å². The summed E-state index contributed by atoms with van der Waals surface area (Å²) >= 11 is 6.08. The minimum atomic E-state index is -4.51. The van der Waals surface area contributed by atoms with Crippen LogP contribution in [-0.2, 0) is 23.9 Å². The molecule has 1 atom stereocenters. The van der Waals surface area contributed by atoms with Crippen LogP contribution in [0.15, 0.2) is 54.6 Å². The zero-order chi connectivity index (χ0) is 27.4. The van der Waals surface area contributed by atoms with Gasteiger partial charge in [-0.05, 0) is 78.4 Å². The number of amides is 1. The van der Waals surface area contributed by atoms with Crippen LogP contribution in [0.4, 0.5) is 18.9 Å². The Bertz CT molecular complexity index is 1300. The maximum absolute atomic E-state index is 13.9. The fourth-order valence-corrected chi connectivity index (χ4v) is 4.76. The van der Waals surface area contributed by atoms with E-state index in [4.69, 9.17) is 21.1 Å². The van der Waals surface area contributed by atoms with Gasteiger partial charge in [0.2, 0.25) is 5.91 Å². The third-order valence-electron chi connectivity index (χ3n) is 6.53. The Morgan fingerprint density at radius 3 is 2.47 bits per heavy atom. The van der Waals surface area contributed by atoms with Crippen molar-refractivity contribution >= 4 is 23.2 Å². The van der Waals surface area contributed by atoms with Gasteiger partial charge in [0.15, 0.2) is 0 Å². The number of fused-ring (bicyclic) bond motifs is 1. The lowest BCUT2D eigenvalue weighted by molar-refractivity contribution is -0.137. The number of hydrogen-bond donors (Lipinski definition) is 1. The Balaban J connectivity index is 1.65. The van der Waals surface area contributed by atoms with Crippen LogP contribution in [-0.4, -0.2) is 26.2 Å². The number of carbonyl (C=O) groups excluding carboxylic acids is 1. The van der Waals surface area contributed by atoms with Crippen molar-refractivity contribution in [2.24, 2.45) is 0 Å². The topological polar surface area (TPSA) is 50.8 Å². The highest BCUT2D eigenvalue weighted by Gasteiger charge is 2.36. The van der Waals surface area contributed by atoms with Crippen LogP contribution in [0.5, 0.6) is 11.5 Å². The van der Waals surface area contributed by atoms with E-state index in [0.717, 1.165) is 29.7 Å². The molecule has 3 aromatic rings. The molecule has 38 heavy (non-hydrogen) atoms. The standard InChI is InChI=1S/C29H30ClF3N2O3/c1-4-11-38-24-14-19(13-23(16-24)37-3)17-34-27(20-5-7-22(30)8-6-20)28(36)35-10-9-25-18(2)12-21(15-26(25)35)29(31,32)33/h5-8,12-16,27,34H,4,9-11,17H2,1-3H3. The van der Waals surface area contributed by atoms with Crippen molar-refractivity contribution in [3.05, 3.63) is 87.4 Å². The van der Waals surface area contributed by atoms with Crippen LogP contribution in [0.3, 0.4) is 0 Å². The normalized spacial score (nSPS) is 13.8. The smallest absolute Gasteiger partial charge is 0.416 e. The van der Waals surface area contributed by atoms with Crippen LogP contribution in [0, 0.1) is 6.92 Å². The molecule has 5 nitrogen and oxygen atoms in total. The first-order chi connectivity index (χ1) is 18.1. The van der Waals surface area contributed by atoms with E-state index < -0.39 is 17.8 Å². The first kappa shape index (κ1) is 27.8. The molecule has 0 fully saturated rings. The molecule has 202 valence electrons. The van der Waals surface area contributed by atoms with E-state index in [2.05, 4.69) is 5.32 Å². The second-order valence-corrected chi connectivity index (χ2v) is 9.70. The molecule has 3 aromatic carbocycles. The Labute approximate surface area is 225 Å². The number of hydrogen-bond acceptors (Lipinski definition) is 4. The molecule has 1 heterocycles. The van der Waals surface area contributed by atoms with E-state index in [1.807, 2.05) is 19.1 Å². The average Bonchev–Trinajstić information content (AvgIpc) is 3.32. The number of rotatable bonds is 9. The predicted molar refractivity (Wildman–Crippen MR) is 142 cm³/mol. The monoisotopic (exact) mass is 546 g/mol. The molecule has 0 aromatic heterocycles. The fourth-order valence-electron chi connectivity index (χ4n) is 4.63. The van der Waals surface area contributed by atoms with Gasteiger partial charge >= 0.3 is 6.18 Å². The SMILES string of the molecule is CCCOc1cc(CNC(C(=O)N2CCc3c(C)cc(C(F)(F)F)cc32)c2ccc(Cl)cc2)cc(OC)c1. The molecular weight excluding hydrogens is 517 g/mol. The van der Waals surface area contributed by atoms with Gasteiger partial charge in [0.25, 0.3) is 0 Å². The molecule has 1 N–H and O–H groups in total. The highest BCUT2D eigenvalue weighted by molar-refractivity contribution is 6.30. The number of methoxy groups -OCH3 is 1. The summed E-state index contributed by atoms with van der Waals surface area (Å²) in [5.74, 6) is 0.935. The summed E-state index contributed by atoms with van der Waals surface area (Å²) in [6.07, 6.45) is -3.16. The molecule has 0 radical (unpaired) electrons. The lowest BCUT2D eigenvalue weighted by Gasteiger charge is -2.26. The largest absolute Gasteiger partial charge is 0.497 e. The number of aryl methyl sites for hydroxylation is 1. The third-order valence-corrected chi connectivity index (χ3v) is 6.78. The molecule has 0 saturated heterocycles. The number of nitrogens with zero attached hydrogens (tertiary/aromatic N) is 1. The van der Waals surface area contributed by atoms with Gasteiger partial charge in [0, 0.05) is 29.9 Å². The summed E-state index contributed by atoms with van der Waals surface area (Å²) in [7, 11) is 1.57. The van der Waals surface area contributed by atoms with Crippen LogP contribution in [0.1, 0.15) is 47.2 Å². The van der Waals surface area contributed by atoms with Gasteiger partial charge in [-0.1, -0.05) is 30.7 Å². The molecule has 0 spiro atoms. The Hall–Kier alpha value is -3.23. The lowest BCUT2D eigenvalue weighted by atomic mass is 10.0. The summed E-state index contributed by atoms with van der Waals surface area (Å²) in [6.45, 7) is 4.81. The molecule has 9 heteroatoms. The minimum Gasteiger partial charge on any atom is -0.497 e. The molecular formula is C29H30ClF3N2O3. The number of ether oxygens (including phenoxy) is 2. The number of benzene rings is 3. The second kappa shape index (κ2) is 11.7. The van der Waals surface area contributed by atoms with Gasteiger partial charge in [0.1, 0.15) is 17.5 Å². The summed E-state index contributed by atoms with van der Waals surface area (Å²) < 4.78 is 51.9. The summed E-state index contributed by atoms with van der Waals surface area (Å²) in [4.78, 5) is 15.4. The van der Waals surface area contributed by atoms with E-state index in [-0.39, 0.29) is 5.91 Å². The van der Waals surface area contributed by atoms with E-state index in [0.29, 0.717) is 59.5 Å². The number of carbonyl (C=O) groups is 1. The molecule has 0 bridgehead atoms. The molecule has 1 unspecified atom stereocenters. The van der Waals surface area contributed by atoms with Crippen molar-refractivity contribution in [1.29, 1.82) is 0 Å². The Kier molecular flexibility index (Phi) is 8.53. The first-order valence-corrected chi connectivity index (χ1v) is 12.8. The molecule has 4 rings (SSSR count). The quantitative estimate of drug-likeness (QED) is 0.318. The first-order valence-electron chi connectivity index (χ1n) is 12.4. The van der Waals surface area contributed by atoms with E-state index in [1.165, 1.54) is 4.90 Å². The zero-order valence-electron chi connectivity index (χ0n) is 21.5. The average molecular weight is 547 g/mol. The van der Waals surface area contributed by atoms with Crippen LogP contribution < -0.4 is 19.7 Å². The van der Waals surface area contributed by atoms with Gasteiger partial charge in [0.05, 0.1) is 19.3 Å². The Morgan fingerprint density at radius 2 is 1.82 bits per heavy atom. The van der Waals surface area contributed by atoms with Gasteiger partial charge in [-0.15, -0.1) is 0 Å². The van der Waals surface area contributed by atoms with Crippen LogP contribution in [0.2, 0.25) is 5.02 Å². The van der Waals surface area contributed by atoms with Crippen molar-refractivity contribution in [1.82, 2.24) is 5.32 Å². The number of alkyl halides is 3. The summed E-state index contributed by atoms with van der Waals surface area (Å²) in [5.41, 5.74) is 2.31. The lowest BCUT2D eigenvalue weighted by Crippen LogP contribution is -2.40. The van der Waals surface area contributed by atoms with Gasteiger partial charge < -0.3 is 14.4 Å². The molecule has 1 amide bonds. The molecule has 0 saturated carbocycles. The van der Waals surface area contributed by atoms with Crippen molar-refractivity contribution in [3.63, 3.8) is 0 Å². The molecule has 0 aliphatic carbocycles. The van der Waals surface area contributed by atoms with E-state index >= 15 is 0 Å². The summed E-state index contributed by atoms with van der Waals surface area (Å²) in [5, 5.41) is 3.82. The van der Waals surface area contributed by atoms with Crippen LogP contribution in [0.25, 0.3) is 0 Å². The van der Waals surface area contributed by atoms with Crippen molar-refractivity contribution < 1.29 is 27.4 Å². The van der Waals surface area contributed by atoms with Crippen molar-refractivity contribution in [3.8, 4) is 11.5 Å². The maximum Gasteiger partial charge on any atom is 0.416 e. The number of anilines is 1. The third kappa shape index (κ3) is 6.25. The number of nitrogens with one attached hydrogen (secondary N) is 1. The maximum atomic E-state index is 13.9. The highest BCUT2D eigenvalue weighted by Crippen LogP contribution is 2.39. The van der Waals surface area contributed by atoms with Gasteiger partial charge in [-0.2, -0.15) is 13.2 Å². The van der Waals surface area contributed by atoms with Crippen molar-refractivity contribution in [2.75, 3.05) is 25.2 Å². The zero-order valence-corrected chi connectivity index (χ0v) is 22.2. The molecule has 1 aliphatic heterocycles. The predicted octanol–water partition coefficient (Wildman–Crippen LogP) is 6.88. The van der Waals surface area contributed by atoms with Crippen molar-refractivity contribution in [2.45, 2.75) is 45.5 Å². The van der Waals surface area contributed by atoms with E-state index in [9.17, 15) is 18.0 Å². The minimum absolute atomic E-state index is 0.293. The number of halogens is 4. The van der Waals surface area contributed by atoms with Crippen LogP contribution >= 0.6 is 11.6 Å². The Morgan fingerprint density at radius 1 is 1.11 bits per heavy atom. The second-order valence-electron chi connectivity index (χ2n) is 9.26. The highest BCUT2D eigenvalue weighted by atomic mass is 35.5.